The maximum Gasteiger partial charge on any atom is 0.305 e. The first-order valence-corrected chi connectivity index (χ1v) is 7.33. The van der Waals surface area contributed by atoms with Crippen LogP contribution in [0.1, 0.15) is 24.2 Å². The van der Waals surface area contributed by atoms with Gasteiger partial charge in [-0.2, -0.15) is 16.2 Å². The smallest absolute Gasteiger partial charge is 0.305 e. The molecule has 1 aliphatic rings. The number of nitro benzene ring substituents is 1. The normalized spacial score (nSPS) is 22.6. The van der Waals surface area contributed by atoms with Crippen LogP contribution >= 0.6 is 11.8 Å². The van der Waals surface area contributed by atoms with Crippen molar-refractivity contribution < 1.29 is 14.1 Å². The summed E-state index contributed by atoms with van der Waals surface area (Å²) < 4.78 is 13.3. The highest BCUT2D eigenvalue weighted by Crippen LogP contribution is 2.27. The van der Waals surface area contributed by atoms with Gasteiger partial charge in [-0.25, -0.2) is 0 Å². The van der Waals surface area contributed by atoms with E-state index in [0.29, 0.717) is 11.8 Å². The Kier molecular flexibility index (Phi) is 4.27. The monoisotopic (exact) mass is 298 g/mol. The van der Waals surface area contributed by atoms with Crippen LogP contribution in [0, 0.1) is 15.9 Å². The Morgan fingerprint density at radius 3 is 2.85 bits per heavy atom. The zero-order chi connectivity index (χ0) is 14.9. The van der Waals surface area contributed by atoms with Gasteiger partial charge in [-0.05, 0) is 19.1 Å². The van der Waals surface area contributed by atoms with E-state index in [1.807, 2.05) is 13.8 Å². The van der Waals surface area contributed by atoms with E-state index in [4.69, 9.17) is 0 Å². The molecule has 1 aromatic carbocycles. The predicted molar refractivity (Wildman–Crippen MR) is 75.5 cm³/mol. The number of carbonyl (C=O) groups is 1. The minimum Gasteiger partial charge on any atom is -0.334 e. The quantitative estimate of drug-likeness (QED) is 0.622. The summed E-state index contributed by atoms with van der Waals surface area (Å²) in [6.45, 7) is 4.59. The van der Waals surface area contributed by atoms with E-state index in [1.54, 1.807) is 16.7 Å². The molecule has 108 valence electrons. The average molecular weight is 298 g/mol. The standard InChI is InChI=1S/C13H15FN2O3S/c1-8-9(2)20-6-5-15(8)13(17)10-3-4-11(14)12(7-10)16(18)19/h3-4,7-9H,5-6H2,1-2H3. The van der Waals surface area contributed by atoms with E-state index in [1.165, 1.54) is 6.07 Å². The lowest BCUT2D eigenvalue weighted by atomic mass is 10.1. The van der Waals surface area contributed by atoms with Crippen molar-refractivity contribution in [2.45, 2.75) is 25.1 Å². The molecule has 1 saturated heterocycles. The van der Waals surface area contributed by atoms with Gasteiger partial charge in [0.2, 0.25) is 5.82 Å². The molecular weight excluding hydrogens is 283 g/mol. The van der Waals surface area contributed by atoms with Crippen molar-refractivity contribution in [3.8, 4) is 0 Å². The van der Waals surface area contributed by atoms with Crippen molar-refractivity contribution in [2.24, 2.45) is 0 Å². The molecular formula is C13H15FN2O3S. The molecule has 2 atom stereocenters. The number of rotatable bonds is 2. The van der Waals surface area contributed by atoms with Gasteiger partial charge in [-0.3, -0.25) is 14.9 Å². The molecule has 0 aromatic heterocycles. The summed E-state index contributed by atoms with van der Waals surface area (Å²) in [5.41, 5.74) is -0.507. The Labute approximate surface area is 120 Å². The zero-order valence-electron chi connectivity index (χ0n) is 11.2. The number of nitro groups is 1. The number of carbonyl (C=O) groups excluding carboxylic acids is 1. The lowest BCUT2D eigenvalue weighted by Crippen LogP contribution is -2.47. The van der Waals surface area contributed by atoms with Crippen molar-refractivity contribution in [2.75, 3.05) is 12.3 Å². The van der Waals surface area contributed by atoms with Gasteiger partial charge in [0.25, 0.3) is 5.91 Å². The SMILES string of the molecule is CC1SCCN(C(=O)c2ccc(F)c([N+](=O)[O-])c2)C1C. The summed E-state index contributed by atoms with van der Waals surface area (Å²) in [5, 5.41) is 11.0. The summed E-state index contributed by atoms with van der Waals surface area (Å²) in [6, 6.07) is 3.32. The van der Waals surface area contributed by atoms with Crippen molar-refractivity contribution in [1.29, 1.82) is 0 Å². The maximum atomic E-state index is 13.3. The van der Waals surface area contributed by atoms with Gasteiger partial charge >= 0.3 is 5.69 Å². The Bertz CT molecular complexity index is 552. The van der Waals surface area contributed by atoms with Gasteiger partial charge in [0.15, 0.2) is 0 Å². The molecule has 1 amide bonds. The zero-order valence-corrected chi connectivity index (χ0v) is 12.0. The van der Waals surface area contributed by atoms with Crippen molar-refractivity contribution in [3.05, 3.63) is 39.7 Å². The van der Waals surface area contributed by atoms with Gasteiger partial charge in [0, 0.05) is 35.2 Å². The van der Waals surface area contributed by atoms with Gasteiger partial charge in [-0.1, -0.05) is 6.92 Å². The van der Waals surface area contributed by atoms with E-state index in [2.05, 4.69) is 0 Å². The Morgan fingerprint density at radius 2 is 2.20 bits per heavy atom. The van der Waals surface area contributed by atoms with Crippen molar-refractivity contribution in [3.63, 3.8) is 0 Å². The number of nitrogens with zero attached hydrogens (tertiary/aromatic N) is 2. The minimum atomic E-state index is -0.929. The second-order valence-electron chi connectivity index (χ2n) is 4.74. The molecule has 0 radical (unpaired) electrons. The largest absolute Gasteiger partial charge is 0.334 e. The van der Waals surface area contributed by atoms with Crippen molar-refractivity contribution in [1.82, 2.24) is 4.90 Å². The van der Waals surface area contributed by atoms with E-state index in [9.17, 15) is 19.3 Å². The fourth-order valence-corrected chi connectivity index (χ4v) is 3.27. The molecule has 0 bridgehead atoms. The maximum absolute atomic E-state index is 13.3. The number of amides is 1. The molecule has 0 aliphatic carbocycles. The summed E-state index contributed by atoms with van der Waals surface area (Å²) in [7, 11) is 0. The van der Waals surface area contributed by atoms with Crippen LogP contribution in [0.2, 0.25) is 0 Å². The van der Waals surface area contributed by atoms with Crippen LogP contribution in [0.4, 0.5) is 10.1 Å². The Balaban J connectivity index is 2.29. The van der Waals surface area contributed by atoms with Crippen LogP contribution in [0.3, 0.4) is 0 Å². The molecule has 20 heavy (non-hydrogen) atoms. The fourth-order valence-electron chi connectivity index (χ4n) is 2.17. The summed E-state index contributed by atoms with van der Waals surface area (Å²) in [5.74, 6) is -0.379. The number of benzene rings is 1. The average Bonchev–Trinajstić information content (AvgIpc) is 2.41. The lowest BCUT2D eigenvalue weighted by molar-refractivity contribution is -0.387. The molecule has 2 rings (SSSR count). The second-order valence-corrected chi connectivity index (χ2v) is 6.22. The molecule has 0 saturated carbocycles. The fraction of sp³-hybridized carbons (Fsp3) is 0.462. The first-order chi connectivity index (χ1) is 9.41. The van der Waals surface area contributed by atoms with E-state index in [-0.39, 0.29) is 17.5 Å². The third-order valence-electron chi connectivity index (χ3n) is 3.53. The van der Waals surface area contributed by atoms with E-state index in [0.717, 1.165) is 17.9 Å². The van der Waals surface area contributed by atoms with E-state index >= 15 is 0 Å². The third kappa shape index (κ3) is 2.77. The molecule has 1 heterocycles. The number of thioether (sulfide) groups is 1. The molecule has 7 heteroatoms. The first-order valence-electron chi connectivity index (χ1n) is 6.28. The van der Waals surface area contributed by atoms with Gasteiger partial charge in [0.1, 0.15) is 0 Å². The van der Waals surface area contributed by atoms with Gasteiger partial charge in [-0.15, -0.1) is 0 Å². The molecule has 1 aromatic rings. The van der Waals surface area contributed by atoms with Gasteiger partial charge < -0.3 is 4.90 Å². The summed E-state index contributed by atoms with van der Waals surface area (Å²) in [4.78, 5) is 24.0. The molecule has 0 N–H and O–H groups in total. The van der Waals surface area contributed by atoms with Crippen LogP contribution in [-0.2, 0) is 0 Å². The van der Waals surface area contributed by atoms with Crippen LogP contribution in [0.5, 0.6) is 0 Å². The number of halogens is 1. The van der Waals surface area contributed by atoms with Crippen LogP contribution in [0.25, 0.3) is 0 Å². The molecule has 1 fully saturated rings. The number of hydrogen-bond donors (Lipinski definition) is 0. The topological polar surface area (TPSA) is 63.5 Å². The predicted octanol–water partition coefficient (Wildman–Crippen LogP) is 2.70. The Morgan fingerprint density at radius 1 is 1.50 bits per heavy atom. The highest BCUT2D eigenvalue weighted by molar-refractivity contribution is 8.00. The van der Waals surface area contributed by atoms with Crippen LogP contribution in [0.15, 0.2) is 18.2 Å². The molecule has 2 unspecified atom stereocenters. The number of hydrogen-bond acceptors (Lipinski definition) is 4. The summed E-state index contributed by atoms with van der Waals surface area (Å²) >= 11 is 1.79. The molecule has 1 aliphatic heterocycles. The summed E-state index contributed by atoms with van der Waals surface area (Å²) in [6.07, 6.45) is 0. The Hall–Kier alpha value is -1.63. The molecule has 0 spiro atoms. The second kappa shape index (κ2) is 5.78. The van der Waals surface area contributed by atoms with Gasteiger partial charge in [0.05, 0.1) is 4.92 Å². The van der Waals surface area contributed by atoms with Crippen molar-refractivity contribution >= 4 is 23.4 Å². The highest BCUT2D eigenvalue weighted by atomic mass is 32.2. The first kappa shape index (κ1) is 14.8. The lowest BCUT2D eigenvalue weighted by Gasteiger charge is -2.37. The van der Waals surface area contributed by atoms with Crippen LogP contribution in [-0.4, -0.2) is 39.3 Å². The van der Waals surface area contributed by atoms with Crippen LogP contribution < -0.4 is 0 Å². The highest BCUT2D eigenvalue weighted by Gasteiger charge is 2.30. The van der Waals surface area contributed by atoms with E-state index < -0.39 is 16.4 Å². The third-order valence-corrected chi connectivity index (χ3v) is 4.87. The minimum absolute atomic E-state index is 0.0466. The molecule has 5 nitrogen and oxygen atoms in total.